The summed E-state index contributed by atoms with van der Waals surface area (Å²) in [4.78, 5) is 11.1. The van der Waals surface area contributed by atoms with Crippen LogP contribution >= 0.6 is 11.6 Å². The van der Waals surface area contributed by atoms with Crippen LogP contribution in [-0.2, 0) is 11.0 Å². The largest absolute Gasteiger partial charge is 0.453 e. The molecule has 0 bridgehead atoms. The lowest BCUT2D eigenvalue weighted by Crippen LogP contribution is -2.34. The highest BCUT2D eigenvalue weighted by molar-refractivity contribution is 6.32. The number of nitrogens with one attached hydrogen (secondary N) is 1. The molecule has 0 spiro atoms. The van der Waals surface area contributed by atoms with Gasteiger partial charge in [0.2, 0.25) is 5.91 Å². The normalized spacial score (nSPS) is 13.7. The molecule has 30 heavy (non-hydrogen) atoms. The summed E-state index contributed by atoms with van der Waals surface area (Å²) < 4.78 is 59.8. The molecule has 0 saturated heterocycles. The van der Waals surface area contributed by atoms with Crippen LogP contribution in [0.3, 0.4) is 0 Å². The Hall–Kier alpha value is -2.52. The van der Waals surface area contributed by atoms with E-state index >= 15 is 4.39 Å². The van der Waals surface area contributed by atoms with Crippen molar-refractivity contribution in [2.24, 2.45) is 5.73 Å². The van der Waals surface area contributed by atoms with Gasteiger partial charge < -0.3 is 21.5 Å². The van der Waals surface area contributed by atoms with E-state index < -0.39 is 40.9 Å². The van der Waals surface area contributed by atoms with Gasteiger partial charge in [0.1, 0.15) is 5.75 Å². The number of hydrogen-bond donors (Lipinski definition) is 3. The molecule has 0 aliphatic rings. The maximum atomic E-state index is 15.2. The van der Waals surface area contributed by atoms with E-state index in [2.05, 4.69) is 5.32 Å². The van der Waals surface area contributed by atoms with Crippen LogP contribution in [0.2, 0.25) is 5.02 Å². The molecule has 0 aliphatic heterocycles. The number of amides is 1. The Bertz CT molecular complexity index is 922. The number of alkyl halides is 3. The Kier molecular flexibility index (Phi) is 7.54. The maximum absolute atomic E-state index is 15.2. The van der Waals surface area contributed by atoms with Gasteiger partial charge in [-0.15, -0.1) is 0 Å². The first-order valence-electron chi connectivity index (χ1n) is 9.10. The average Bonchev–Trinajstić information content (AvgIpc) is 2.63. The number of ether oxygens (including phenoxy) is 1. The number of hydrogen-bond acceptors (Lipinski definition) is 4. The first-order valence-corrected chi connectivity index (χ1v) is 9.48. The highest BCUT2D eigenvalue weighted by Crippen LogP contribution is 2.40. The number of nitrogens with two attached hydrogens (primary N) is 2. The summed E-state index contributed by atoms with van der Waals surface area (Å²) in [6.45, 7) is 3.53. The van der Waals surface area contributed by atoms with Crippen LogP contribution in [0.4, 0.5) is 23.2 Å². The Morgan fingerprint density at radius 2 is 1.93 bits per heavy atom. The van der Waals surface area contributed by atoms with Gasteiger partial charge in [0.15, 0.2) is 11.6 Å². The van der Waals surface area contributed by atoms with Crippen molar-refractivity contribution in [1.82, 2.24) is 5.32 Å². The molecule has 5 N–H and O–H groups in total. The first kappa shape index (κ1) is 23.8. The number of anilines is 1. The van der Waals surface area contributed by atoms with Gasteiger partial charge in [-0.1, -0.05) is 24.6 Å². The standard InChI is InChI=1S/C20H22ClF4N3O2/c1-3-16(28-10(2)8-17(27)29)12-5-6-14(21)19(18(12)22)30-11-4-7-15(26)13(9-11)20(23,24)25/h4-7,9-10,16,28H,3,8,26H2,1-2H3,(H2,27,29)/t10-,16+/m0/s1. The molecule has 0 saturated carbocycles. The summed E-state index contributed by atoms with van der Waals surface area (Å²) in [5, 5.41) is 2.99. The molecule has 5 nitrogen and oxygen atoms in total. The summed E-state index contributed by atoms with van der Waals surface area (Å²) in [5.74, 6) is -2.00. The fraction of sp³-hybridized carbons (Fsp3) is 0.350. The lowest BCUT2D eigenvalue weighted by molar-refractivity contribution is -0.137. The van der Waals surface area contributed by atoms with Gasteiger partial charge in [-0.05, 0) is 37.6 Å². The Morgan fingerprint density at radius 3 is 2.50 bits per heavy atom. The van der Waals surface area contributed by atoms with E-state index in [1.807, 2.05) is 0 Å². The highest BCUT2D eigenvalue weighted by atomic mass is 35.5. The van der Waals surface area contributed by atoms with E-state index in [4.69, 9.17) is 27.8 Å². The second-order valence-electron chi connectivity index (χ2n) is 6.83. The molecule has 0 fully saturated rings. The molecule has 164 valence electrons. The summed E-state index contributed by atoms with van der Waals surface area (Å²) >= 11 is 6.04. The molecule has 0 unspecified atom stereocenters. The van der Waals surface area contributed by atoms with Crippen LogP contribution in [0.1, 0.15) is 43.9 Å². The Morgan fingerprint density at radius 1 is 1.27 bits per heavy atom. The highest BCUT2D eigenvalue weighted by Gasteiger charge is 2.33. The predicted molar refractivity (Wildman–Crippen MR) is 107 cm³/mol. The first-order chi connectivity index (χ1) is 13.9. The van der Waals surface area contributed by atoms with Crippen molar-refractivity contribution >= 4 is 23.2 Å². The third-order valence-electron chi connectivity index (χ3n) is 4.41. The van der Waals surface area contributed by atoms with Gasteiger partial charge in [-0.2, -0.15) is 13.2 Å². The second kappa shape index (κ2) is 9.53. The number of carbonyl (C=O) groups excluding carboxylic acids is 1. The second-order valence-corrected chi connectivity index (χ2v) is 7.23. The van der Waals surface area contributed by atoms with Crippen molar-refractivity contribution < 1.29 is 27.1 Å². The molecule has 2 aromatic rings. The van der Waals surface area contributed by atoms with Crippen LogP contribution < -0.4 is 21.5 Å². The number of rotatable bonds is 8. The van der Waals surface area contributed by atoms with Crippen molar-refractivity contribution in [1.29, 1.82) is 0 Å². The van der Waals surface area contributed by atoms with Gasteiger partial charge in [-0.3, -0.25) is 4.79 Å². The minimum atomic E-state index is -4.69. The molecular formula is C20H22ClF4N3O2. The maximum Gasteiger partial charge on any atom is 0.418 e. The van der Waals surface area contributed by atoms with Crippen molar-refractivity contribution in [3.05, 3.63) is 52.3 Å². The van der Waals surface area contributed by atoms with Gasteiger partial charge in [0.25, 0.3) is 0 Å². The van der Waals surface area contributed by atoms with Crippen LogP contribution in [0, 0.1) is 5.82 Å². The zero-order chi connectivity index (χ0) is 22.6. The molecule has 0 aliphatic carbocycles. The van der Waals surface area contributed by atoms with Crippen LogP contribution in [0.5, 0.6) is 11.5 Å². The number of benzene rings is 2. The fourth-order valence-electron chi connectivity index (χ4n) is 3.00. The lowest BCUT2D eigenvalue weighted by atomic mass is 10.0. The van der Waals surface area contributed by atoms with E-state index in [0.29, 0.717) is 12.5 Å². The van der Waals surface area contributed by atoms with Crippen LogP contribution in [0.15, 0.2) is 30.3 Å². The molecule has 2 rings (SSSR count). The molecular weight excluding hydrogens is 426 g/mol. The van der Waals surface area contributed by atoms with Crippen molar-refractivity contribution in [3.63, 3.8) is 0 Å². The van der Waals surface area contributed by atoms with Crippen molar-refractivity contribution in [3.8, 4) is 11.5 Å². The van der Waals surface area contributed by atoms with Gasteiger partial charge in [-0.25, -0.2) is 4.39 Å². The molecule has 10 heteroatoms. The Labute approximate surface area is 176 Å². The zero-order valence-electron chi connectivity index (χ0n) is 16.3. The van der Waals surface area contributed by atoms with Crippen molar-refractivity contribution in [2.45, 2.75) is 44.9 Å². The van der Waals surface area contributed by atoms with Gasteiger partial charge >= 0.3 is 6.18 Å². The molecule has 2 aromatic carbocycles. The number of primary amides is 1. The minimum Gasteiger partial charge on any atom is -0.453 e. The zero-order valence-corrected chi connectivity index (χ0v) is 17.1. The van der Waals surface area contributed by atoms with Gasteiger partial charge in [0.05, 0.1) is 10.6 Å². The average molecular weight is 448 g/mol. The quantitative estimate of drug-likeness (QED) is 0.384. The topological polar surface area (TPSA) is 90.4 Å². The van der Waals surface area contributed by atoms with E-state index in [9.17, 15) is 18.0 Å². The number of carbonyl (C=O) groups is 1. The van der Waals surface area contributed by atoms with Crippen molar-refractivity contribution in [2.75, 3.05) is 5.73 Å². The molecule has 2 atom stereocenters. The lowest BCUT2D eigenvalue weighted by Gasteiger charge is -2.23. The summed E-state index contributed by atoms with van der Waals surface area (Å²) in [7, 11) is 0. The SMILES string of the molecule is CC[C@@H](N[C@@H](C)CC(N)=O)c1ccc(Cl)c(Oc2ccc(N)c(C(F)(F)F)c2)c1F. The minimum absolute atomic E-state index is 0.0563. The van der Waals surface area contributed by atoms with Crippen LogP contribution in [0.25, 0.3) is 0 Å². The number of nitrogen functional groups attached to an aromatic ring is 1. The van der Waals surface area contributed by atoms with E-state index in [1.165, 1.54) is 18.2 Å². The monoisotopic (exact) mass is 447 g/mol. The third kappa shape index (κ3) is 5.76. The third-order valence-corrected chi connectivity index (χ3v) is 4.70. The molecule has 0 aromatic heterocycles. The summed E-state index contributed by atoms with van der Waals surface area (Å²) in [5.41, 5.74) is 9.18. The van der Waals surface area contributed by atoms with Gasteiger partial charge in [0, 0.05) is 29.8 Å². The molecule has 0 radical (unpaired) electrons. The summed E-state index contributed by atoms with van der Waals surface area (Å²) in [6, 6.07) is 4.91. The van der Waals surface area contributed by atoms with E-state index in [1.54, 1.807) is 13.8 Å². The Balaban J connectivity index is 2.38. The number of halogens is 5. The smallest absolute Gasteiger partial charge is 0.418 e. The van der Waals surface area contributed by atoms with Crippen LogP contribution in [-0.4, -0.2) is 11.9 Å². The summed E-state index contributed by atoms with van der Waals surface area (Å²) in [6.07, 6.45) is -4.18. The molecule has 1 amide bonds. The fourth-order valence-corrected chi connectivity index (χ4v) is 3.19. The predicted octanol–water partition coefficient (Wildman–Crippen LogP) is 5.18. The van der Waals surface area contributed by atoms with E-state index in [-0.39, 0.29) is 28.8 Å². The molecule has 0 heterocycles. The van der Waals surface area contributed by atoms with E-state index in [0.717, 1.165) is 6.07 Å².